The summed E-state index contributed by atoms with van der Waals surface area (Å²) >= 11 is 0. The number of ether oxygens (including phenoxy) is 1. The largest absolute Gasteiger partial charge is 0.493 e. The molecule has 1 aromatic carbocycles. The zero-order valence-electron chi connectivity index (χ0n) is 12.4. The first kappa shape index (κ1) is 14.1. The summed E-state index contributed by atoms with van der Waals surface area (Å²) in [7, 11) is 0. The Morgan fingerprint density at radius 3 is 2.91 bits per heavy atom. The maximum Gasteiger partial charge on any atom is 0.339 e. The molecule has 5 heteroatoms. The van der Waals surface area contributed by atoms with E-state index in [1.54, 1.807) is 22.7 Å². The molecule has 0 saturated heterocycles. The Balaban J connectivity index is 2.21. The standard InChI is InChI=1S/C17H16N2O3/c1-3-22-15-7-6-11(2)9-13(15)14-10-19-8-4-5-12(17(20)21)16(19)18-14/h4-10H,3H2,1-2H3,(H,20,21). The predicted molar refractivity (Wildman–Crippen MR) is 83.5 cm³/mol. The average Bonchev–Trinajstić information content (AvgIpc) is 2.92. The second-order valence-electron chi connectivity index (χ2n) is 5.02. The van der Waals surface area contributed by atoms with Gasteiger partial charge in [0.2, 0.25) is 0 Å². The molecule has 3 aromatic rings. The van der Waals surface area contributed by atoms with Crippen molar-refractivity contribution < 1.29 is 14.6 Å². The summed E-state index contributed by atoms with van der Waals surface area (Å²) < 4.78 is 7.37. The van der Waals surface area contributed by atoms with E-state index >= 15 is 0 Å². The predicted octanol–water partition coefficient (Wildman–Crippen LogP) is 3.41. The number of carbonyl (C=O) groups is 1. The first-order valence-electron chi connectivity index (χ1n) is 7.05. The highest BCUT2D eigenvalue weighted by molar-refractivity contribution is 5.94. The van der Waals surface area contributed by atoms with Gasteiger partial charge in [0.05, 0.1) is 12.3 Å². The highest BCUT2D eigenvalue weighted by atomic mass is 16.5. The molecule has 0 radical (unpaired) electrons. The van der Waals surface area contributed by atoms with Crippen molar-refractivity contribution >= 4 is 11.6 Å². The zero-order chi connectivity index (χ0) is 15.7. The normalized spacial score (nSPS) is 10.8. The maximum absolute atomic E-state index is 11.3. The number of pyridine rings is 1. The van der Waals surface area contributed by atoms with E-state index in [1.165, 1.54) is 0 Å². The molecule has 1 N–H and O–H groups in total. The molecular formula is C17H16N2O3. The Hall–Kier alpha value is -2.82. The topological polar surface area (TPSA) is 63.8 Å². The van der Waals surface area contributed by atoms with Crippen molar-refractivity contribution in [2.45, 2.75) is 13.8 Å². The molecule has 3 rings (SSSR count). The molecule has 0 atom stereocenters. The number of carboxylic acid groups (broad SMARTS) is 1. The second-order valence-corrected chi connectivity index (χ2v) is 5.02. The van der Waals surface area contributed by atoms with E-state index in [1.807, 2.05) is 38.2 Å². The van der Waals surface area contributed by atoms with Gasteiger partial charge in [-0.2, -0.15) is 0 Å². The minimum Gasteiger partial charge on any atom is -0.493 e. The number of fused-ring (bicyclic) bond motifs is 1. The summed E-state index contributed by atoms with van der Waals surface area (Å²) in [5.74, 6) is -0.245. The van der Waals surface area contributed by atoms with Crippen molar-refractivity contribution in [3.8, 4) is 17.0 Å². The summed E-state index contributed by atoms with van der Waals surface area (Å²) in [6.45, 7) is 4.48. The molecule has 2 aromatic heterocycles. The van der Waals surface area contributed by atoms with Gasteiger partial charge in [-0.25, -0.2) is 9.78 Å². The number of hydrogen-bond donors (Lipinski definition) is 1. The van der Waals surface area contributed by atoms with Crippen LogP contribution in [0.3, 0.4) is 0 Å². The van der Waals surface area contributed by atoms with Crippen LogP contribution in [-0.2, 0) is 0 Å². The first-order valence-corrected chi connectivity index (χ1v) is 7.05. The molecule has 0 saturated carbocycles. The quantitative estimate of drug-likeness (QED) is 0.801. The van der Waals surface area contributed by atoms with Crippen molar-refractivity contribution in [2.24, 2.45) is 0 Å². The monoisotopic (exact) mass is 296 g/mol. The van der Waals surface area contributed by atoms with E-state index in [0.717, 1.165) is 16.9 Å². The van der Waals surface area contributed by atoms with Gasteiger partial charge in [0, 0.05) is 18.0 Å². The van der Waals surface area contributed by atoms with Gasteiger partial charge in [0.1, 0.15) is 11.3 Å². The van der Waals surface area contributed by atoms with E-state index < -0.39 is 5.97 Å². The fourth-order valence-electron chi connectivity index (χ4n) is 2.44. The van der Waals surface area contributed by atoms with Gasteiger partial charge >= 0.3 is 5.97 Å². The molecule has 22 heavy (non-hydrogen) atoms. The Morgan fingerprint density at radius 1 is 1.36 bits per heavy atom. The van der Waals surface area contributed by atoms with Gasteiger partial charge in [-0.15, -0.1) is 0 Å². The van der Waals surface area contributed by atoms with Crippen LogP contribution in [0.2, 0.25) is 0 Å². The molecule has 0 bridgehead atoms. The van der Waals surface area contributed by atoms with Crippen molar-refractivity contribution in [1.29, 1.82) is 0 Å². The lowest BCUT2D eigenvalue weighted by Gasteiger charge is -2.09. The van der Waals surface area contributed by atoms with Crippen LogP contribution >= 0.6 is 0 Å². The lowest BCUT2D eigenvalue weighted by molar-refractivity contribution is 0.0698. The Kier molecular flexibility index (Phi) is 3.55. The third kappa shape index (κ3) is 2.41. The number of benzene rings is 1. The number of aromatic nitrogens is 2. The van der Waals surface area contributed by atoms with E-state index in [4.69, 9.17) is 4.74 Å². The Morgan fingerprint density at radius 2 is 2.18 bits per heavy atom. The first-order chi connectivity index (χ1) is 10.6. The van der Waals surface area contributed by atoms with Crippen LogP contribution in [0.15, 0.2) is 42.7 Å². The molecule has 112 valence electrons. The fourth-order valence-corrected chi connectivity index (χ4v) is 2.44. The number of hydrogen-bond acceptors (Lipinski definition) is 3. The summed E-state index contributed by atoms with van der Waals surface area (Å²) in [5.41, 5.74) is 3.25. The van der Waals surface area contributed by atoms with Crippen molar-refractivity contribution in [2.75, 3.05) is 6.61 Å². The molecule has 0 spiro atoms. The summed E-state index contributed by atoms with van der Waals surface area (Å²) in [5, 5.41) is 9.27. The maximum atomic E-state index is 11.3. The summed E-state index contributed by atoms with van der Waals surface area (Å²) in [4.78, 5) is 15.8. The fraction of sp³-hybridized carbons (Fsp3) is 0.176. The molecule has 2 heterocycles. The van der Waals surface area contributed by atoms with E-state index in [9.17, 15) is 9.90 Å². The molecule has 0 aliphatic heterocycles. The van der Waals surface area contributed by atoms with Crippen molar-refractivity contribution in [3.63, 3.8) is 0 Å². The minimum atomic E-state index is -0.989. The molecule has 0 fully saturated rings. The van der Waals surface area contributed by atoms with Crippen LogP contribution in [0.25, 0.3) is 16.9 Å². The highest BCUT2D eigenvalue weighted by Gasteiger charge is 2.15. The van der Waals surface area contributed by atoms with Gasteiger partial charge < -0.3 is 14.2 Å². The third-order valence-electron chi connectivity index (χ3n) is 3.42. The number of rotatable bonds is 4. The van der Waals surface area contributed by atoms with Gasteiger partial charge in [-0.3, -0.25) is 0 Å². The van der Waals surface area contributed by atoms with Gasteiger partial charge in [0.15, 0.2) is 5.65 Å². The van der Waals surface area contributed by atoms with Gasteiger partial charge in [-0.1, -0.05) is 11.6 Å². The van der Waals surface area contributed by atoms with Crippen molar-refractivity contribution in [3.05, 3.63) is 53.9 Å². The third-order valence-corrected chi connectivity index (χ3v) is 3.42. The van der Waals surface area contributed by atoms with Crippen LogP contribution in [0.4, 0.5) is 0 Å². The lowest BCUT2D eigenvalue weighted by Crippen LogP contribution is -1.99. The van der Waals surface area contributed by atoms with E-state index in [0.29, 0.717) is 17.9 Å². The van der Waals surface area contributed by atoms with E-state index in [-0.39, 0.29) is 5.56 Å². The zero-order valence-corrected chi connectivity index (χ0v) is 12.4. The van der Waals surface area contributed by atoms with E-state index in [2.05, 4.69) is 4.98 Å². The van der Waals surface area contributed by atoms with Crippen LogP contribution in [0.5, 0.6) is 5.75 Å². The summed E-state index contributed by atoms with van der Waals surface area (Å²) in [6, 6.07) is 9.13. The second kappa shape index (κ2) is 5.52. The van der Waals surface area contributed by atoms with Crippen LogP contribution in [-0.4, -0.2) is 27.1 Å². The number of carboxylic acids is 1. The van der Waals surface area contributed by atoms with Gasteiger partial charge in [-0.05, 0) is 38.1 Å². The molecule has 0 amide bonds. The van der Waals surface area contributed by atoms with Gasteiger partial charge in [0.25, 0.3) is 0 Å². The molecule has 5 nitrogen and oxygen atoms in total. The number of imidazole rings is 1. The molecule has 0 aliphatic carbocycles. The highest BCUT2D eigenvalue weighted by Crippen LogP contribution is 2.31. The molecular weight excluding hydrogens is 280 g/mol. The minimum absolute atomic E-state index is 0.180. The Bertz CT molecular complexity index is 852. The van der Waals surface area contributed by atoms with Crippen LogP contribution < -0.4 is 4.74 Å². The van der Waals surface area contributed by atoms with Crippen molar-refractivity contribution in [1.82, 2.24) is 9.38 Å². The molecule has 0 unspecified atom stereocenters. The van der Waals surface area contributed by atoms with Crippen LogP contribution in [0, 0.1) is 6.92 Å². The number of aromatic carboxylic acids is 1. The SMILES string of the molecule is CCOc1ccc(C)cc1-c1cn2cccc(C(=O)O)c2n1. The number of nitrogens with zero attached hydrogens (tertiary/aromatic N) is 2. The smallest absolute Gasteiger partial charge is 0.339 e. The molecule has 0 aliphatic rings. The summed E-state index contributed by atoms with van der Waals surface area (Å²) in [6.07, 6.45) is 3.60. The van der Waals surface area contributed by atoms with Crippen LogP contribution in [0.1, 0.15) is 22.8 Å². The number of aryl methyl sites for hydroxylation is 1. The lowest BCUT2D eigenvalue weighted by atomic mass is 10.1. The Labute approximate surface area is 127 Å². The average molecular weight is 296 g/mol.